The molecule has 0 aliphatic carbocycles. The molecule has 34 heavy (non-hydrogen) atoms. The second kappa shape index (κ2) is 10.1. The number of hydrogen-bond acceptors (Lipinski definition) is 8. The monoisotopic (exact) mass is 462 g/mol. The third-order valence-corrected chi connectivity index (χ3v) is 5.14. The summed E-state index contributed by atoms with van der Waals surface area (Å²) in [6.07, 6.45) is 0. The summed E-state index contributed by atoms with van der Waals surface area (Å²) >= 11 is 0. The predicted octanol–water partition coefficient (Wildman–Crippen LogP) is 2.68. The maximum Gasteiger partial charge on any atom is 0.251 e. The molecule has 176 valence electrons. The van der Waals surface area contributed by atoms with E-state index in [9.17, 15) is 4.79 Å². The minimum absolute atomic E-state index is 0.162. The van der Waals surface area contributed by atoms with Crippen molar-refractivity contribution >= 4 is 17.2 Å². The summed E-state index contributed by atoms with van der Waals surface area (Å²) in [5.41, 5.74) is 2.89. The number of anilines is 1. The van der Waals surface area contributed by atoms with Gasteiger partial charge in [-0.25, -0.2) is 0 Å². The zero-order valence-corrected chi connectivity index (χ0v) is 19.5. The van der Waals surface area contributed by atoms with Crippen LogP contribution in [0.15, 0.2) is 54.6 Å². The minimum atomic E-state index is -0.162. The second-order valence-electron chi connectivity index (χ2n) is 7.58. The molecule has 2 heterocycles. The molecule has 0 fully saturated rings. The van der Waals surface area contributed by atoms with Crippen LogP contribution < -0.4 is 24.4 Å². The van der Waals surface area contributed by atoms with E-state index in [1.54, 1.807) is 43.0 Å². The minimum Gasteiger partial charge on any atom is -0.493 e. The Morgan fingerprint density at radius 1 is 1.00 bits per heavy atom. The average molecular weight is 463 g/mol. The van der Waals surface area contributed by atoms with Gasteiger partial charge < -0.3 is 24.4 Å². The average Bonchev–Trinajstić information content (AvgIpc) is 3.29. The lowest BCUT2D eigenvalue weighted by Gasteiger charge is -2.13. The molecule has 0 spiro atoms. The van der Waals surface area contributed by atoms with E-state index in [0.717, 1.165) is 11.3 Å². The molecule has 1 amide bonds. The van der Waals surface area contributed by atoms with Gasteiger partial charge in [-0.2, -0.15) is 4.52 Å². The first-order chi connectivity index (χ1) is 16.5. The lowest BCUT2D eigenvalue weighted by Crippen LogP contribution is -2.28. The van der Waals surface area contributed by atoms with Crippen molar-refractivity contribution in [3.05, 3.63) is 60.2 Å². The molecule has 10 nitrogen and oxygen atoms in total. The first-order valence-corrected chi connectivity index (χ1v) is 10.6. The Balaban J connectivity index is 1.42. The molecule has 0 aliphatic rings. The highest BCUT2D eigenvalue weighted by molar-refractivity contribution is 5.95. The zero-order valence-electron chi connectivity index (χ0n) is 19.5. The molecule has 0 bridgehead atoms. The summed E-state index contributed by atoms with van der Waals surface area (Å²) in [6, 6.07) is 16.4. The van der Waals surface area contributed by atoms with Crippen molar-refractivity contribution in [1.29, 1.82) is 0 Å². The van der Waals surface area contributed by atoms with Crippen molar-refractivity contribution in [3.63, 3.8) is 0 Å². The fourth-order valence-corrected chi connectivity index (χ4v) is 3.35. The molecule has 0 radical (unpaired) electrons. The summed E-state index contributed by atoms with van der Waals surface area (Å²) < 4.78 is 18.0. The molecule has 2 aromatic heterocycles. The van der Waals surface area contributed by atoms with Gasteiger partial charge >= 0.3 is 0 Å². The van der Waals surface area contributed by atoms with Crippen molar-refractivity contribution in [2.45, 2.75) is 0 Å². The van der Waals surface area contributed by atoms with Crippen LogP contribution in [0.2, 0.25) is 0 Å². The standard InChI is InChI=1S/C24H26N6O4/c1-29(2)18-7-5-6-17(14-18)24(31)25-12-13-34-22-11-10-21-26-27-23(30(21)28-22)16-8-9-19(32-3)20(15-16)33-4/h5-11,14-15H,12-13H2,1-4H3,(H,25,31). The van der Waals surface area contributed by atoms with Crippen LogP contribution in [-0.2, 0) is 0 Å². The Morgan fingerprint density at radius 2 is 1.82 bits per heavy atom. The van der Waals surface area contributed by atoms with E-state index in [4.69, 9.17) is 14.2 Å². The van der Waals surface area contributed by atoms with Crippen molar-refractivity contribution in [3.8, 4) is 28.8 Å². The number of benzene rings is 2. The maximum atomic E-state index is 12.4. The quantitative estimate of drug-likeness (QED) is 0.379. The van der Waals surface area contributed by atoms with Crippen LogP contribution in [0.3, 0.4) is 0 Å². The van der Waals surface area contributed by atoms with Gasteiger partial charge in [0.1, 0.15) is 6.61 Å². The van der Waals surface area contributed by atoms with Crippen molar-refractivity contribution in [2.24, 2.45) is 0 Å². The van der Waals surface area contributed by atoms with Gasteiger partial charge in [-0.3, -0.25) is 4.79 Å². The van der Waals surface area contributed by atoms with Crippen LogP contribution in [0.4, 0.5) is 5.69 Å². The van der Waals surface area contributed by atoms with Crippen molar-refractivity contribution in [1.82, 2.24) is 25.1 Å². The second-order valence-corrected chi connectivity index (χ2v) is 7.58. The topological polar surface area (TPSA) is 103 Å². The Labute approximate surface area is 197 Å². The molecule has 10 heteroatoms. The van der Waals surface area contributed by atoms with Gasteiger partial charge in [0.05, 0.1) is 20.8 Å². The Hall–Kier alpha value is -4.34. The van der Waals surface area contributed by atoms with Crippen LogP contribution in [0, 0.1) is 0 Å². The van der Waals surface area contributed by atoms with Crippen LogP contribution in [0.1, 0.15) is 10.4 Å². The number of rotatable bonds is 9. The third kappa shape index (κ3) is 4.85. The number of nitrogens with zero attached hydrogens (tertiary/aromatic N) is 5. The number of nitrogens with one attached hydrogen (secondary N) is 1. The molecule has 1 N–H and O–H groups in total. The van der Waals surface area contributed by atoms with Gasteiger partial charge in [-0.05, 0) is 42.5 Å². The SMILES string of the molecule is COc1ccc(-c2nnc3ccc(OCCNC(=O)c4cccc(N(C)C)c4)nn23)cc1OC. The van der Waals surface area contributed by atoms with Crippen LogP contribution in [0.5, 0.6) is 17.4 Å². The van der Waals surface area contributed by atoms with Crippen LogP contribution in [-0.4, -0.2) is 67.2 Å². The molecular weight excluding hydrogens is 436 g/mol. The smallest absolute Gasteiger partial charge is 0.251 e. The highest BCUT2D eigenvalue weighted by atomic mass is 16.5. The largest absolute Gasteiger partial charge is 0.493 e. The summed E-state index contributed by atoms with van der Waals surface area (Å²) in [5, 5.41) is 15.8. The van der Waals surface area contributed by atoms with E-state index in [0.29, 0.717) is 41.0 Å². The number of fused-ring (bicyclic) bond motifs is 1. The number of amides is 1. The summed E-state index contributed by atoms with van der Waals surface area (Å²) in [4.78, 5) is 14.4. The van der Waals surface area contributed by atoms with Gasteiger partial charge in [-0.15, -0.1) is 15.3 Å². The van der Waals surface area contributed by atoms with Gasteiger partial charge in [0, 0.05) is 37.0 Å². The van der Waals surface area contributed by atoms with Crippen molar-refractivity contribution in [2.75, 3.05) is 46.4 Å². The zero-order chi connectivity index (χ0) is 24.1. The van der Waals surface area contributed by atoms with Gasteiger partial charge in [0.25, 0.3) is 5.91 Å². The summed E-state index contributed by atoms with van der Waals surface area (Å²) in [5.74, 6) is 1.96. The summed E-state index contributed by atoms with van der Waals surface area (Å²) in [7, 11) is 7.02. The van der Waals surface area contributed by atoms with Gasteiger partial charge in [0.2, 0.25) is 5.88 Å². The predicted molar refractivity (Wildman–Crippen MR) is 128 cm³/mol. The number of carbonyl (C=O) groups excluding carboxylic acids is 1. The molecule has 2 aromatic carbocycles. The Kier molecular flexibility index (Phi) is 6.77. The van der Waals surface area contributed by atoms with Crippen molar-refractivity contribution < 1.29 is 19.0 Å². The van der Waals surface area contributed by atoms with E-state index < -0.39 is 0 Å². The van der Waals surface area contributed by atoms with E-state index >= 15 is 0 Å². The molecule has 0 aliphatic heterocycles. The van der Waals surface area contributed by atoms with E-state index in [-0.39, 0.29) is 12.5 Å². The fourth-order valence-electron chi connectivity index (χ4n) is 3.35. The number of hydrogen-bond donors (Lipinski definition) is 1. The summed E-state index contributed by atoms with van der Waals surface area (Å²) in [6.45, 7) is 0.584. The van der Waals surface area contributed by atoms with Gasteiger partial charge in [0.15, 0.2) is 23.0 Å². The highest BCUT2D eigenvalue weighted by Crippen LogP contribution is 2.31. The first kappa shape index (κ1) is 22.8. The first-order valence-electron chi connectivity index (χ1n) is 10.6. The molecule has 0 saturated heterocycles. The van der Waals surface area contributed by atoms with E-state index in [1.165, 1.54) is 0 Å². The molecule has 4 rings (SSSR count). The normalized spacial score (nSPS) is 10.7. The number of aromatic nitrogens is 4. The maximum absolute atomic E-state index is 12.4. The molecule has 4 aromatic rings. The Bertz CT molecular complexity index is 1300. The highest BCUT2D eigenvalue weighted by Gasteiger charge is 2.14. The molecule has 0 saturated carbocycles. The van der Waals surface area contributed by atoms with Crippen LogP contribution >= 0.6 is 0 Å². The third-order valence-electron chi connectivity index (χ3n) is 5.14. The molecule has 0 unspecified atom stereocenters. The van der Waals surface area contributed by atoms with E-state index in [2.05, 4.69) is 20.6 Å². The number of ether oxygens (including phenoxy) is 3. The van der Waals surface area contributed by atoms with Gasteiger partial charge in [-0.1, -0.05) is 6.07 Å². The molecular formula is C24H26N6O4. The molecule has 0 atom stereocenters. The Morgan fingerprint density at radius 3 is 2.59 bits per heavy atom. The van der Waals surface area contributed by atoms with E-state index in [1.807, 2.05) is 49.3 Å². The number of methoxy groups -OCH3 is 2. The number of carbonyl (C=O) groups is 1. The lowest BCUT2D eigenvalue weighted by atomic mass is 10.2. The van der Waals surface area contributed by atoms with Crippen LogP contribution in [0.25, 0.3) is 17.0 Å². The fraction of sp³-hybridized carbons (Fsp3) is 0.250. The lowest BCUT2D eigenvalue weighted by molar-refractivity contribution is 0.0946.